The van der Waals surface area contributed by atoms with Crippen LogP contribution < -0.4 is 0 Å². The Labute approximate surface area is 102 Å². The number of halogens is 3. The van der Waals surface area contributed by atoms with Crippen LogP contribution in [-0.2, 0) is 0 Å². The van der Waals surface area contributed by atoms with Gasteiger partial charge in [-0.15, -0.1) is 37.2 Å². The molecule has 1 nitrogen and oxygen atoms in total. The van der Waals surface area contributed by atoms with Gasteiger partial charge in [0.15, 0.2) is 0 Å². The Morgan fingerprint density at radius 1 is 0.500 bits per heavy atom. The number of rotatable bonds is 0. The van der Waals surface area contributed by atoms with Crippen molar-refractivity contribution in [3.05, 3.63) is 48.5 Å². The van der Waals surface area contributed by atoms with Crippen LogP contribution in [0.2, 0.25) is 0 Å². The lowest BCUT2D eigenvalue weighted by Crippen LogP contribution is -1.59. The van der Waals surface area contributed by atoms with Gasteiger partial charge in [0.1, 0.15) is 0 Å². The maximum absolute atomic E-state index is 2.12. The second kappa shape index (κ2) is 9.10. The van der Waals surface area contributed by atoms with E-state index in [1.54, 1.807) is 0 Å². The fourth-order valence-corrected chi connectivity index (χ4v) is 1.13. The van der Waals surface area contributed by atoms with Crippen molar-refractivity contribution in [3.63, 3.8) is 0 Å². The average Bonchev–Trinajstić information content (AvgIpc) is 2.28. The monoisotopic (exact) mass is 254 g/mol. The van der Waals surface area contributed by atoms with Crippen molar-refractivity contribution in [1.29, 1.82) is 0 Å². The van der Waals surface area contributed by atoms with Crippen molar-refractivity contribution in [1.82, 2.24) is 0 Å². The quantitative estimate of drug-likeness (QED) is 0.692. The molecule has 2 N–H and O–H groups in total. The molecule has 0 amide bonds. The van der Waals surface area contributed by atoms with E-state index >= 15 is 0 Å². The zero-order valence-electron chi connectivity index (χ0n) is 7.34. The topological polar surface area (TPSA) is 31.5 Å². The van der Waals surface area contributed by atoms with Crippen molar-refractivity contribution < 1.29 is 5.48 Å². The van der Waals surface area contributed by atoms with E-state index in [1.807, 2.05) is 6.07 Å². The zero-order valence-corrected chi connectivity index (χ0v) is 9.79. The maximum Gasteiger partial charge on any atom is -0.0184 e. The highest BCUT2D eigenvalue weighted by atomic mass is 35.5. The third-order valence-corrected chi connectivity index (χ3v) is 1.66. The molecule has 0 fully saturated rings. The van der Waals surface area contributed by atoms with Gasteiger partial charge in [0.2, 0.25) is 0 Å². The van der Waals surface area contributed by atoms with Crippen LogP contribution in [-0.4, -0.2) is 5.48 Å². The highest BCUT2D eigenvalue weighted by Gasteiger charge is 1.94. The van der Waals surface area contributed by atoms with Gasteiger partial charge in [0, 0.05) is 0 Å². The molecule has 0 aliphatic heterocycles. The van der Waals surface area contributed by atoms with Crippen molar-refractivity contribution in [2.45, 2.75) is 0 Å². The first-order chi connectivity index (χ1) is 4.97. The first kappa shape index (κ1) is 19.2. The lowest BCUT2D eigenvalue weighted by atomic mass is 10.2. The highest BCUT2D eigenvalue weighted by Crippen LogP contribution is 2.19. The van der Waals surface area contributed by atoms with E-state index in [4.69, 9.17) is 0 Å². The first-order valence-electron chi connectivity index (χ1n) is 3.40. The summed E-state index contributed by atoms with van der Waals surface area (Å²) in [6.45, 7) is 0. The number of fused-ring (bicyclic) bond motifs is 1. The standard InChI is InChI=1S/C10H8.3ClH.H2O/c1-2-5-9-7-4-8-10(9)6-3-1;;;;/h1-8H;3*1H;1H2. The van der Waals surface area contributed by atoms with Crippen LogP contribution in [0, 0.1) is 0 Å². The summed E-state index contributed by atoms with van der Waals surface area (Å²) >= 11 is 0. The Morgan fingerprint density at radius 2 is 0.857 bits per heavy atom. The van der Waals surface area contributed by atoms with Crippen molar-refractivity contribution in [2.24, 2.45) is 0 Å². The van der Waals surface area contributed by atoms with Gasteiger partial charge < -0.3 is 5.48 Å². The highest BCUT2D eigenvalue weighted by molar-refractivity contribution is 5.86. The fraction of sp³-hybridized carbons (Fsp3) is 0. The Hall–Kier alpha value is -0.470. The minimum absolute atomic E-state index is 0. The molecule has 0 atom stereocenters. The molecular weight excluding hydrogens is 242 g/mol. The van der Waals surface area contributed by atoms with Crippen molar-refractivity contribution in [3.8, 4) is 11.1 Å². The Bertz CT molecular complexity index is 286. The molecule has 0 spiro atoms. The Kier molecular flexibility index (Phi) is 12.5. The third kappa shape index (κ3) is 4.16. The number of hydrogen-bond acceptors (Lipinski definition) is 0. The van der Waals surface area contributed by atoms with Crippen molar-refractivity contribution in [2.75, 3.05) is 0 Å². The predicted molar refractivity (Wildman–Crippen MR) is 68.4 cm³/mol. The van der Waals surface area contributed by atoms with Gasteiger partial charge in [0.05, 0.1) is 0 Å². The molecule has 2 rings (SSSR count). The summed E-state index contributed by atoms with van der Waals surface area (Å²) in [5, 5.41) is 0. The molecule has 80 valence electrons. The summed E-state index contributed by atoms with van der Waals surface area (Å²) in [5.41, 5.74) is 2.62. The van der Waals surface area contributed by atoms with Gasteiger partial charge in [-0.2, -0.15) is 0 Å². The summed E-state index contributed by atoms with van der Waals surface area (Å²) in [4.78, 5) is 0. The van der Waals surface area contributed by atoms with Gasteiger partial charge in [-0.25, -0.2) is 0 Å². The van der Waals surface area contributed by atoms with Crippen LogP contribution >= 0.6 is 37.2 Å². The molecule has 0 saturated heterocycles. The second-order valence-corrected chi connectivity index (χ2v) is 2.35. The van der Waals surface area contributed by atoms with Crippen LogP contribution in [0.3, 0.4) is 0 Å². The molecule has 0 saturated carbocycles. The van der Waals surface area contributed by atoms with Crippen molar-refractivity contribution >= 4 is 37.2 Å². The molecule has 0 radical (unpaired) electrons. The van der Waals surface area contributed by atoms with Crippen LogP contribution in [0.15, 0.2) is 48.5 Å². The van der Waals surface area contributed by atoms with Crippen LogP contribution in [0.1, 0.15) is 0 Å². The molecule has 0 unspecified atom stereocenters. The summed E-state index contributed by atoms with van der Waals surface area (Å²) in [6.07, 6.45) is 0. The average molecular weight is 256 g/mol. The molecule has 4 heteroatoms. The van der Waals surface area contributed by atoms with Gasteiger partial charge in [-0.1, -0.05) is 48.5 Å². The van der Waals surface area contributed by atoms with Crippen LogP contribution in [0.5, 0.6) is 0 Å². The lowest BCUT2D eigenvalue weighted by molar-refractivity contribution is 0.824. The lowest BCUT2D eigenvalue weighted by Gasteiger charge is -1.85. The minimum atomic E-state index is 0. The fourth-order valence-electron chi connectivity index (χ4n) is 1.13. The van der Waals surface area contributed by atoms with E-state index in [0.717, 1.165) is 0 Å². The molecule has 0 heterocycles. The summed E-state index contributed by atoms with van der Waals surface area (Å²) in [5.74, 6) is 0. The molecule has 2 aliphatic rings. The second-order valence-electron chi connectivity index (χ2n) is 2.35. The van der Waals surface area contributed by atoms with Gasteiger partial charge in [-0.3, -0.25) is 0 Å². The summed E-state index contributed by atoms with van der Waals surface area (Å²) in [6, 6.07) is 16.7. The molecule has 2 aliphatic carbocycles. The van der Waals surface area contributed by atoms with E-state index < -0.39 is 0 Å². The molecular formula is C10H13Cl3O. The Morgan fingerprint density at radius 3 is 1.29 bits per heavy atom. The summed E-state index contributed by atoms with van der Waals surface area (Å²) in [7, 11) is 0. The molecule has 0 aromatic carbocycles. The van der Waals surface area contributed by atoms with Gasteiger partial charge in [0.25, 0.3) is 0 Å². The Balaban J connectivity index is -0.000000302. The predicted octanol–water partition coefficient (Wildman–Crippen LogP) is 3.23. The van der Waals surface area contributed by atoms with E-state index in [9.17, 15) is 0 Å². The van der Waals surface area contributed by atoms with E-state index in [-0.39, 0.29) is 42.7 Å². The third-order valence-electron chi connectivity index (χ3n) is 1.66. The van der Waals surface area contributed by atoms with Gasteiger partial charge >= 0.3 is 0 Å². The molecule has 14 heavy (non-hydrogen) atoms. The van der Waals surface area contributed by atoms with Crippen LogP contribution in [0.4, 0.5) is 0 Å². The zero-order chi connectivity index (χ0) is 6.81. The van der Waals surface area contributed by atoms with Gasteiger partial charge in [-0.05, 0) is 11.1 Å². The molecule has 0 bridgehead atoms. The largest absolute Gasteiger partial charge is 0.412 e. The van der Waals surface area contributed by atoms with E-state index in [2.05, 4.69) is 42.5 Å². The first-order valence-corrected chi connectivity index (χ1v) is 3.40. The number of hydrogen-bond donors (Lipinski definition) is 0. The summed E-state index contributed by atoms with van der Waals surface area (Å²) < 4.78 is 0. The normalized spacial score (nSPS) is 7.14. The van der Waals surface area contributed by atoms with Crippen LogP contribution in [0.25, 0.3) is 11.1 Å². The maximum atomic E-state index is 2.12. The minimum Gasteiger partial charge on any atom is -0.412 e. The smallest absolute Gasteiger partial charge is 0.0184 e. The SMILES string of the molecule is Cl.Cl.Cl.O.c1ccc2cccc-2cc1. The van der Waals surface area contributed by atoms with E-state index in [1.165, 1.54) is 11.1 Å². The van der Waals surface area contributed by atoms with E-state index in [0.29, 0.717) is 0 Å². The molecule has 0 aromatic heterocycles. The molecule has 0 aromatic rings.